The molecular formula is C9H20O2S. The molecule has 1 N–H and O–H groups in total. The van der Waals surface area contributed by atoms with Crippen molar-refractivity contribution in [3.05, 3.63) is 0 Å². The zero-order chi connectivity index (χ0) is 9.45. The van der Waals surface area contributed by atoms with Gasteiger partial charge in [-0.2, -0.15) is 11.8 Å². The summed E-state index contributed by atoms with van der Waals surface area (Å²) < 4.78 is 4.93. The summed E-state index contributed by atoms with van der Waals surface area (Å²) in [4.78, 5) is 0. The van der Waals surface area contributed by atoms with Crippen LogP contribution in [-0.2, 0) is 4.74 Å². The highest BCUT2D eigenvalue weighted by Crippen LogP contribution is 2.13. The average molecular weight is 192 g/mol. The molecule has 0 rings (SSSR count). The minimum atomic E-state index is -0.506. The lowest BCUT2D eigenvalue weighted by Gasteiger charge is -2.15. The Labute approximate surface area is 79.7 Å². The van der Waals surface area contributed by atoms with Gasteiger partial charge in [0.2, 0.25) is 0 Å². The minimum absolute atomic E-state index is 0.506. The zero-order valence-corrected chi connectivity index (χ0v) is 9.12. The Morgan fingerprint density at radius 1 is 1.33 bits per heavy atom. The normalized spacial score (nSPS) is 12.0. The Balaban J connectivity index is 3.01. The Bertz CT molecular complexity index is 99.2. The molecule has 0 heterocycles. The molecule has 0 unspecified atom stereocenters. The number of methoxy groups -OCH3 is 1. The van der Waals surface area contributed by atoms with Crippen molar-refractivity contribution in [1.29, 1.82) is 0 Å². The molecule has 0 aliphatic carbocycles. The van der Waals surface area contributed by atoms with E-state index in [2.05, 4.69) is 0 Å². The lowest BCUT2D eigenvalue weighted by atomic mass is 10.1. The highest BCUT2D eigenvalue weighted by atomic mass is 32.2. The van der Waals surface area contributed by atoms with E-state index in [0.717, 1.165) is 31.0 Å². The van der Waals surface area contributed by atoms with Gasteiger partial charge < -0.3 is 9.84 Å². The van der Waals surface area contributed by atoms with E-state index in [1.807, 2.05) is 25.6 Å². The molecule has 0 aromatic rings. The largest absolute Gasteiger partial charge is 0.390 e. The van der Waals surface area contributed by atoms with Gasteiger partial charge in [0.15, 0.2) is 0 Å². The Kier molecular flexibility index (Phi) is 6.90. The smallest absolute Gasteiger partial charge is 0.0599 e. The van der Waals surface area contributed by atoms with Gasteiger partial charge in [-0.3, -0.25) is 0 Å². The third-order valence-corrected chi connectivity index (χ3v) is 2.57. The first-order chi connectivity index (χ1) is 5.56. The molecule has 3 heteroatoms. The van der Waals surface area contributed by atoms with Crippen LogP contribution in [0.25, 0.3) is 0 Å². The predicted octanol–water partition coefficient (Wildman–Crippen LogP) is 1.92. The van der Waals surface area contributed by atoms with Crippen molar-refractivity contribution in [2.75, 3.05) is 25.2 Å². The summed E-state index contributed by atoms with van der Waals surface area (Å²) in [5.74, 6) is 2.16. The molecule has 0 aromatic heterocycles. The summed E-state index contributed by atoms with van der Waals surface area (Å²) in [5.41, 5.74) is -0.506. The molecule has 0 radical (unpaired) electrons. The van der Waals surface area contributed by atoms with Crippen LogP contribution in [0.15, 0.2) is 0 Å². The van der Waals surface area contributed by atoms with E-state index in [0.29, 0.717) is 0 Å². The molecule has 0 bridgehead atoms. The van der Waals surface area contributed by atoms with Gasteiger partial charge in [0.1, 0.15) is 0 Å². The van der Waals surface area contributed by atoms with Crippen LogP contribution in [0, 0.1) is 0 Å². The summed E-state index contributed by atoms with van der Waals surface area (Å²) in [5, 5.41) is 9.38. The van der Waals surface area contributed by atoms with Crippen LogP contribution >= 0.6 is 11.8 Å². The number of rotatable bonds is 7. The predicted molar refractivity (Wildman–Crippen MR) is 54.7 cm³/mol. The molecule has 74 valence electrons. The van der Waals surface area contributed by atoms with E-state index < -0.39 is 5.60 Å². The zero-order valence-electron chi connectivity index (χ0n) is 8.30. The second kappa shape index (κ2) is 6.75. The molecule has 0 saturated carbocycles. The monoisotopic (exact) mass is 192 g/mol. The van der Waals surface area contributed by atoms with Gasteiger partial charge >= 0.3 is 0 Å². The highest BCUT2D eigenvalue weighted by Gasteiger charge is 2.10. The highest BCUT2D eigenvalue weighted by molar-refractivity contribution is 7.99. The van der Waals surface area contributed by atoms with Crippen LogP contribution in [0.5, 0.6) is 0 Å². The summed E-state index contributed by atoms with van der Waals surface area (Å²) in [6.45, 7) is 4.54. The van der Waals surface area contributed by atoms with Crippen molar-refractivity contribution in [2.24, 2.45) is 0 Å². The SMILES string of the molecule is COCCCSCCC(C)(C)O. The number of aliphatic hydroxyl groups is 1. The van der Waals surface area contributed by atoms with Crippen LogP contribution in [0.4, 0.5) is 0 Å². The fraction of sp³-hybridized carbons (Fsp3) is 1.00. The summed E-state index contributed by atoms with van der Waals surface area (Å²) in [6, 6.07) is 0. The molecule has 0 fully saturated rings. The van der Waals surface area contributed by atoms with E-state index in [4.69, 9.17) is 4.74 Å². The molecule has 12 heavy (non-hydrogen) atoms. The van der Waals surface area contributed by atoms with E-state index in [1.165, 1.54) is 0 Å². The van der Waals surface area contributed by atoms with Crippen molar-refractivity contribution in [2.45, 2.75) is 32.3 Å². The third kappa shape index (κ3) is 10.3. The second-order valence-corrected chi connectivity index (χ2v) is 4.75. The summed E-state index contributed by atoms with van der Waals surface area (Å²) in [6.07, 6.45) is 1.97. The first-order valence-electron chi connectivity index (χ1n) is 4.35. The molecule has 0 aliphatic heterocycles. The number of hydrogen-bond acceptors (Lipinski definition) is 3. The number of thioether (sulfide) groups is 1. The lowest BCUT2D eigenvalue weighted by Crippen LogP contribution is -2.19. The molecular weight excluding hydrogens is 172 g/mol. The Morgan fingerprint density at radius 2 is 2.00 bits per heavy atom. The molecule has 0 aliphatic rings. The van der Waals surface area contributed by atoms with Crippen LogP contribution in [0.1, 0.15) is 26.7 Å². The van der Waals surface area contributed by atoms with Crippen molar-refractivity contribution < 1.29 is 9.84 Å². The lowest BCUT2D eigenvalue weighted by molar-refractivity contribution is 0.0777. The minimum Gasteiger partial charge on any atom is -0.390 e. The Hall–Kier alpha value is 0.270. The van der Waals surface area contributed by atoms with Crippen molar-refractivity contribution >= 4 is 11.8 Å². The van der Waals surface area contributed by atoms with Gasteiger partial charge in [0, 0.05) is 13.7 Å². The maximum absolute atomic E-state index is 9.38. The second-order valence-electron chi connectivity index (χ2n) is 3.52. The maximum Gasteiger partial charge on any atom is 0.0599 e. The summed E-state index contributed by atoms with van der Waals surface area (Å²) in [7, 11) is 1.72. The number of ether oxygens (including phenoxy) is 1. The van der Waals surface area contributed by atoms with Gasteiger partial charge in [-0.05, 0) is 38.2 Å². The van der Waals surface area contributed by atoms with Crippen LogP contribution in [0.2, 0.25) is 0 Å². The summed E-state index contributed by atoms with van der Waals surface area (Å²) >= 11 is 1.88. The van der Waals surface area contributed by atoms with E-state index in [-0.39, 0.29) is 0 Å². The van der Waals surface area contributed by atoms with Gasteiger partial charge in [0.25, 0.3) is 0 Å². The topological polar surface area (TPSA) is 29.5 Å². The Morgan fingerprint density at radius 3 is 2.50 bits per heavy atom. The quantitative estimate of drug-likeness (QED) is 0.625. The van der Waals surface area contributed by atoms with Crippen molar-refractivity contribution in [3.63, 3.8) is 0 Å². The third-order valence-electron chi connectivity index (χ3n) is 1.50. The maximum atomic E-state index is 9.38. The van der Waals surface area contributed by atoms with Crippen molar-refractivity contribution in [3.8, 4) is 0 Å². The fourth-order valence-electron chi connectivity index (χ4n) is 0.729. The standard InChI is InChI=1S/C9H20O2S/c1-9(2,10)5-8-12-7-4-6-11-3/h10H,4-8H2,1-3H3. The van der Waals surface area contributed by atoms with E-state index in [1.54, 1.807) is 7.11 Å². The molecule has 0 saturated heterocycles. The average Bonchev–Trinajstić information content (AvgIpc) is 1.94. The van der Waals surface area contributed by atoms with Gasteiger partial charge in [-0.1, -0.05) is 0 Å². The van der Waals surface area contributed by atoms with Crippen molar-refractivity contribution in [1.82, 2.24) is 0 Å². The number of hydrogen-bond donors (Lipinski definition) is 1. The van der Waals surface area contributed by atoms with Gasteiger partial charge in [0.05, 0.1) is 5.60 Å². The van der Waals surface area contributed by atoms with Crippen LogP contribution in [0.3, 0.4) is 0 Å². The van der Waals surface area contributed by atoms with E-state index in [9.17, 15) is 5.11 Å². The fourth-order valence-corrected chi connectivity index (χ4v) is 1.90. The molecule has 0 atom stereocenters. The van der Waals surface area contributed by atoms with E-state index >= 15 is 0 Å². The first kappa shape index (κ1) is 12.3. The van der Waals surface area contributed by atoms with Crippen LogP contribution < -0.4 is 0 Å². The molecule has 0 amide bonds. The van der Waals surface area contributed by atoms with Gasteiger partial charge in [-0.15, -0.1) is 0 Å². The molecule has 2 nitrogen and oxygen atoms in total. The molecule has 0 spiro atoms. The molecule has 0 aromatic carbocycles. The van der Waals surface area contributed by atoms with Crippen LogP contribution in [-0.4, -0.2) is 35.9 Å². The van der Waals surface area contributed by atoms with Gasteiger partial charge in [-0.25, -0.2) is 0 Å². The first-order valence-corrected chi connectivity index (χ1v) is 5.51.